The summed E-state index contributed by atoms with van der Waals surface area (Å²) < 4.78 is 0. The Kier molecular flexibility index (Phi) is 1.51. The van der Waals surface area contributed by atoms with Crippen LogP contribution in [0, 0.1) is 5.92 Å². The minimum atomic E-state index is -0.809. The van der Waals surface area contributed by atoms with E-state index in [4.69, 9.17) is 5.11 Å². The molecule has 0 spiro atoms. The van der Waals surface area contributed by atoms with Crippen LogP contribution in [0.2, 0.25) is 0 Å². The minimum Gasteiger partial charge on any atom is -0.480 e. The van der Waals surface area contributed by atoms with Gasteiger partial charge in [0.25, 0.3) is 0 Å². The number of nitrogens with zero attached hydrogens (tertiary/aromatic N) is 1. The Hall–Kier alpha value is -0.860. The lowest BCUT2D eigenvalue weighted by Crippen LogP contribution is -2.21. The van der Waals surface area contributed by atoms with Gasteiger partial charge in [-0.15, -0.1) is 0 Å². The van der Waals surface area contributed by atoms with Crippen molar-refractivity contribution in [1.29, 1.82) is 0 Å². The maximum Gasteiger partial charge on any atom is 0.328 e. The zero-order valence-corrected chi connectivity index (χ0v) is 5.24. The molecule has 9 heavy (non-hydrogen) atoms. The molecule has 0 aromatic heterocycles. The summed E-state index contributed by atoms with van der Waals surface area (Å²) >= 11 is 0. The van der Waals surface area contributed by atoms with Crippen LogP contribution in [0.15, 0.2) is 4.99 Å². The van der Waals surface area contributed by atoms with Crippen LogP contribution >= 0.6 is 0 Å². The number of rotatable bonds is 1. The van der Waals surface area contributed by atoms with E-state index < -0.39 is 12.0 Å². The highest BCUT2D eigenvalue weighted by molar-refractivity contribution is 5.79. The molecule has 1 rings (SSSR count). The summed E-state index contributed by atoms with van der Waals surface area (Å²) in [5.74, 6) is -0.626. The maximum atomic E-state index is 10.3. The van der Waals surface area contributed by atoms with E-state index in [1.807, 2.05) is 6.92 Å². The first-order chi connectivity index (χ1) is 4.22. The molecule has 1 heterocycles. The molecule has 0 unspecified atom stereocenters. The van der Waals surface area contributed by atoms with Crippen LogP contribution in [0.25, 0.3) is 0 Å². The molecule has 0 radical (unpaired) electrons. The lowest BCUT2D eigenvalue weighted by Gasteiger charge is -2.05. The fraction of sp³-hybridized carbons (Fsp3) is 0.667. The zero-order chi connectivity index (χ0) is 6.85. The van der Waals surface area contributed by atoms with Crippen molar-refractivity contribution in [3.05, 3.63) is 0 Å². The third kappa shape index (κ3) is 1.09. The Bertz CT molecular complexity index is 153. The molecular formula is C6H9NO2. The van der Waals surface area contributed by atoms with Gasteiger partial charge in [-0.25, -0.2) is 4.79 Å². The second kappa shape index (κ2) is 2.17. The molecule has 0 fully saturated rings. The second-order valence-corrected chi connectivity index (χ2v) is 2.33. The summed E-state index contributed by atoms with van der Waals surface area (Å²) in [6.07, 6.45) is 2.49. The number of carbonyl (C=O) groups is 1. The van der Waals surface area contributed by atoms with Gasteiger partial charge in [0.1, 0.15) is 6.04 Å². The summed E-state index contributed by atoms with van der Waals surface area (Å²) in [6, 6.07) is -0.481. The first-order valence-electron chi connectivity index (χ1n) is 2.96. The van der Waals surface area contributed by atoms with Crippen molar-refractivity contribution in [1.82, 2.24) is 0 Å². The molecule has 1 aliphatic heterocycles. The topological polar surface area (TPSA) is 49.7 Å². The molecule has 3 heteroatoms. The van der Waals surface area contributed by atoms with Crippen molar-refractivity contribution >= 4 is 12.2 Å². The van der Waals surface area contributed by atoms with Gasteiger partial charge in [0, 0.05) is 6.21 Å². The van der Waals surface area contributed by atoms with Crippen LogP contribution in [-0.2, 0) is 4.79 Å². The van der Waals surface area contributed by atoms with Crippen LogP contribution in [0.3, 0.4) is 0 Å². The average Bonchev–Trinajstić information content (AvgIpc) is 2.13. The highest BCUT2D eigenvalue weighted by Gasteiger charge is 2.25. The fourth-order valence-corrected chi connectivity index (χ4v) is 0.924. The Morgan fingerprint density at radius 1 is 1.89 bits per heavy atom. The van der Waals surface area contributed by atoms with Gasteiger partial charge < -0.3 is 5.11 Å². The monoisotopic (exact) mass is 127 g/mol. The molecule has 0 aromatic carbocycles. The number of aliphatic carboxylic acids is 1. The normalized spacial score (nSPS) is 33.0. The molecule has 1 N–H and O–H groups in total. The molecule has 0 aliphatic carbocycles. The Morgan fingerprint density at radius 2 is 2.56 bits per heavy atom. The summed E-state index contributed by atoms with van der Waals surface area (Å²) in [6.45, 7) is 1.89. The van der Waals surface area contributed by atoms with Gasteiger partial charge in [-0.3, -0.25) is 4.99 Å². The summed E-state index contributed by atoms with van der Waals surface area (Å²) in [5.41, 5.74) is 0. The van der Waals surface area contributed by atoms with Gasteiger partial charge in [0.05, 0.1) is 0 Å². The summed E-state index contributed by atoms with van der Waals surface area (Å²) in [5, 5.41) is 8.47. The standard InChI is InChI=1S/C6H9NO2/c1-4-2-3-7-5(4)6(8)9/h3-5H,2H2,1H3,(H,8,9)/t4-,5-/m0/s1. The number of hydrogen-bond donors (Lipinski definition) is 1. The maximum absolute atomic E-state index is 10.3. The van der Waals surface area contributed by atoms with Crippen molar-refractivity contribution in [2.75, 3.05) is 0 Å². The molecule has 2 atom stereocenters. The summed E-state index contributed by atoms with van der Waals surface area (Å²) in [7, 11) is 0. The van der Waals surface area contributed by atoms with E-state index in [-0.39, 0.29) is 5.92 Å². The molecule has 50 valence electrons. The Morgan fingerprint density at radius 3 is 2.78 bits per heavy atom. The third-order valence-electron chi connectivity index (χ3n) is 1.54. The quantitative estimate of drug-likeness (QED) is 0.559. The van der Waals surface area contributed by atoms with Crippen molar-refractivity contribution in [2.24, 2.45) is 10.9 Å². The van der Waals surface area contributed by atoms with Crippen molar-refractivity contribution < 1.29 is 9.90 Å². The van der Waals surface area contributed by atoms with Crippen LogP contribution in [0.5, 0.6) is 0 Å². The van der Waals surface area contributed by atoms with E-state index in [0.29, 0.717) is 0 Å². The van der Waals surface area contributed by atoms with Crippen molar-refractivity contribution in [3.63, 3.8) is 0 Å². The molecule has 0 saturated heterocycles. The van der Waals surface area contributed by atoms with E-state index in [1.165, 1.54) is 0 Å². The van der Waals surface area contributed by atoms with Gasteiger partial charge in [-0.05, 0) is 12.3 Å². The Balaban J connectivity index is 2.59. The van der Waals surface area contributed by atoms with Crippen molar-refractivity contribution in [3.8, 4) is 0 Å². The smallest absolute Gasteiger partial charge is 0.328 e. The largest absolute Gasteiger partial charge is 0.480 e. The highest BCUT2D eigenvalue weighted by atomic mass is 16.4. The van der Waals surface area contributed by atoms with E-state index >= 15 is 0 Å². The van der Waals surface area contributed by atoms with E-state index in [0.717, 1.165) is 6.42 Å². The van der Waals surface area contributed by atoms with Gasteiger partial charge >= 0.3 is 5.97 Å². The highest BCUT2D eigenvalue weighted by Crippen LogP contribution is 2.16. The first kappa shape index (κ1) is 6.26. The molecule has 1 aliphatic rings. The average molecular weight is 127 g/mol. The molecular weight excluding hydrogens is 118 g/mol. The molecule has 0 aromatic rings. The SMILES string of the molecule is C[C@H]1CC=N[C@@H]1C(=O)O. The zero-order valence-electron chi connectivity index (χ0n) is 5.24. The summed E-state index contributed by atoms with van der Waals surface area (Å²) in [4.78, 5) is 14.1. The van der Waals surface area contributed by atoms with Crippen LogP contribution in [0.4, 0.5) is 0 Å². The minimum absolute atomic E-state index is 0.183. The molecule has 0 bridgehead atoms. The Labute approximate surface area is 53.4 Å². The van der Waals surface area contributed by atoms with Gasteiger partial charge in [-0.2, -0.15) is 0 Å². The van der Waals surface area contributed by atoms with Crippen LogP contribution < -0.4 is 0 Å². The van der Waals surface area contributed by atoms with Gasteiger partial charge in [0.2, 0.25) is 0 Å². The van der Waals surface area contributed by atoms with E-state index in [1.54, 1.807) is 6.21 Å². The third-order valence-corrected chi connectivity index (χ3v) is 1.54. The predicted octanol–water partition coefficient (Wildman–Crippen LogP) is 0.550. The predicted molar refractivity (Wildman–Crippen MR) is 33.7 cm³/mol. The molecule has 3 nitrogen and oxygen atoms in total. The van der Waals surface area contributed by atoms with E-state index in [2.05, 4.69) is 4.99 Å². The lowest BCUT2D eigenvalue weighted by atomic mass is 10.0. The molecule has 0 saturated carbocycles. The lowest BCUT2D eigenvalue weighted by molar-refractivity contribution is -0.139. The number of carboxylic acids is 1. The molecule has 0 amide bonds. The fourth-order valence-electron chi connectivity index (χ4n) is 0.924. The van der Waals surface area contributed by atoms with E-state index in [9.17, 15) is 4.79 Å². The van der Waals surface area contributed by atoms with Gasteiger partial charge in [0.15, 0.2) is 0 Å². The van der Waals surface area contributed by atoms with Gasteiger partial charge in [-0.1, -0.05) is 6.92 Å². The number of hydrogen-bond acceptors (Lipinski definition) is 2. The number of carboxylic acid groups (broad SMARTS) is 1. The van der Waals surface area contributed by atoms with Crippen LogP contribution in [0.1, 0.15) is 13.3 Å². The second-order valence-electron chi connectivity index (χ2n) is 2.33. The number of aliphatic imine (C=N–C) groups is 1. The van der Waals surface area contributed by atoms with Crippen molar-refractivity contribution in [2.45, 2.75) is 19.4 Å². The first-order valence-corrected chi connectivity index (χ1v) is 2.96. The van der Waals surface area contributed by atoms with Crippen LogP contribution in [-0.4, -0.2) is 23.3 Å².